The Morgan fingerprint density at radius 1 is 0.472 bits per heavy atom. The van der Waals surface area contributed by atoms with Gasteiger partial charge in [0.1, 0.15) is 0 Å². The van der Waals surface area contributed by atoms with Gasteiger partial charge in [-0.05, 0) is 59.0 Å². The second kappa shape index (κ2) is 21.2. The Morgan fingerprint density at radius 2 is 0.849 bits per heavy atom. The van der Waals surface area contributed by atoms with E-state index in [0.29, 0.717) is 17.3 Å². The molecule has 53 heavy (non-hydrogen) atoms. The lowest BCUT2D eigenvalue weighted by Gasteiger charge is -2.24. The van der Waals surface area contributed by atoms with Crippen molar-refractivity contribution in [1.82, 2.24) is 0 Å². The number of hydrogen-bond acceptors (Lipinski definition) is 5. The van der Waals surface area contributed by atoms with Crippen molar-refractivity contribution in [1.29, 1.82) is 0 Å². The Labute approximate surface area is 338 Å². The maximum atomic E-state index is 5.39. The van der Waals surface area contributed by atoms with Gasteiger partial charge in [0.15, 0.2) is 0 Å². The zero-order valence-electron chi connectivity index (χ0n) is 39.6. The molecule has 318 valence electrons. The summed E-state index contributed by atoms with van der Waals surface area (Å²) in [5, 5.41) is 0. The van der Waals surface area contributed by atoms with Crippen molar-refractivity contribution in [2.45, 2.75) is 242 Å². The molecule has 0 bridgehead atoms. The molecule has 0 spiro atoms. The lowest BCUT2D eigenvalue weighted by Crippen LogP contribution is -2.29. The fourth-order valence-electron chi connectivity index (χ4n) is 6.68. The largest absolute Gasteiger partial charge is 0.373 e. The molecule has 5 atom stereocenters. The molecule has 0 aromatic rings. The molecule has 5 saturated heterocycles. The Bertz CT molecular complexity index is 1010. The van der Waals surface area contributed by atoms with Gasteiger partial charge in [-0.25, -0.2) is 0 Å². The van der Waals surface area contributed by atoms with Crippen molar-refractivity contribution >= 4 is 40.4 Å². The van der Waals surface area contributed by atoms with Crippen molar-refractivity contribution in [3.05, 3.63) is 0 Å². The third-order valence-electron chi connectivity index (χ3n) is 12.6. The number of epoxide rings is 5. The molecule has 0 aromatic heterocycles. The Kier molecular flexibility index (Phi) is 20.8. The lowest BCUT2D eigenvalue weighted by atomic mass is 10.1. The molecule has 5 unspecified atom stereocenters. The molecule has 5 heterocycles. The van der Waals surface area contributed by atoms with Gasteiger partial charge in [-0.3, -0.25) is 0 Å². The van der Waals surface area contributed by atoms with Crippen LogP contribution in [0.5, 0.6) is 0 Å². The van der Waals surface area contributed by atoms with Crippen LogP contribution in [-0.4, -0.2) is 102 Å². The van der Waals surface area contributed by atoms with Crippen LogP contribution in [0.15, 0.2) is 0 Å². The topological polar surface area (TPSA) is 62.6 Å². The molecule has 5 rings (SSSR count). The molecule has 5 aliphatic heterocycles. The highest BCUT2D eigenvalue weighted by atomic mass is 28.3. The van der Waals surface area contributed by atoms with Crippen molar-refractivity contribution in [3.8, 4) is 0 Å². The average molecular weight is 834 g/mol. The first-order valence-corrected chi connectivity index (χ1v) is 39.5. The van der Waals surface area contributed by atoms with E-state index in [2.05, 4.69) is 127 Å². The highest BCUT2D eigenvalue weighted by Gasteiger charge is 2.44. The summed E-state index contributed by atoms with van der Waals surface area (Å²) >= 11 is 0. The van der Waals surface area contributed by atoms with Gasteiger partial charge >= 0.3 is 0 Å². The molecule has 0 saturated carbocycles. The maximum Gasteiger partial charge on any atom is 0.0888 e. The van der Waals surface area contributed by atoms with Crippen LogP contribution in [0.2, 0.25) is 126 Å². The summed E-state index contributed by atoms with van der Waals surface area (Å²) in [6.45, 7) is 50.1. The first-order chi connectivity index (χ1) is 24.0. The van der Waals surface area contributed by atoms with Crippen molar-refractivity contribution in [2.24, 2.45) is 0 Å². The van der Waals surface area contributed by atoms with Gasteiger partial charge in [-0.15, -0.1) is 0 Å². The summed E-state index contributed by atoms with van der Waals surface area (Å²) in [7, 11) is -4.12. The molecule has 5 nitrogen and oxygen atoms in total. The van der Waals surface area contributed by atoms with E-state index in [-0.39, 0.29) is 11.2 Å². The van der Waals surface area contributed by atoms with Gasteiger partial charge < -0.3 is 23.7 Å². The van der Waals surface area contributed by atoms with Gasteiger partial charge in [0.25, 0.3) is 0 Å². The smallest absolute Gasteiger partial charge is 0.0888 e. The average Bonchev–Trinajstić information content (AvgIpc) is 3.80. The minimum absolute atomic E-state index is 0.288. The quantitative estimate of drug-likeness (QED) is 0.0958. The van der Waals surface area contributed by atoms with Crippen LogP contribution in [0.4, 0.5) is 0 Å². The van der Waals surface area contributed by atoms with Crippen LogP contribution in [0, 0.1) is 0 Å². The van der Waals surface area contributed by atoms with Gasteiger partial charge in [0.05, 0.1) is 69.6 Å². The van der Waals surface area contributed by atoms with E-state index in [1.165, 1.54) is 86.5 Å². The Morgan fingerprint density at radius 3 is 1.13 bits per heavy atom. The van der Waals surface area contributed by atoms with E-state index in [4.69, 9.17) is 23.7 Å². The van der Waals surface area contributed by atoms with E-state index in [0.717, 1.165) is 33.0 Å². The summed E-state index contributed by atoms with van der Waals surface area (Å²) in [5.41, 5.74) is 1.17. The summed E-state index contributed by atoms with van der Waals surface area (Å²) in [6, 6.07) is 12.8. The Hall–Kier alpha value is 0.884. The van der Waals surface area contributed by atoms with Crippen LogP contribution in [-0.2, 0) is 23.7 Å². The van der Waals surface area contributed by atoms with E-state index < -0.39 is 40.4 Å². The molecule has 5 aliphatic rings. The van der Waals surface area contributed by atoms with Crippen LogP contribution in [0.25, 0.3) is 0 Å². The molecule has 0 amide bonds. The summed E-state index contributed by atoms with van der Waals surface area (Å²) < 4.78 is 26.6. The monoisotopic (exact) mass is 833 g/mol. The molecule has 0 aromatic carbocycles. The molecular weight excluding hydrogens is 737 g/mol. The second-order valence-corrected chi connectivity index (χ2v) is 50.7. The molecule has 0 N–H and O–H groups in total. The first-order valence-electron chi connectivity index (χ1n) is 22.2. The van der Waals surface area contributed by atoms with Crippen molar-refractivity contribution in [3.63, 3.8) is 0 Å². The summed E-state index contributed by atoms with van der Waals surface area (Å²) in [4.78, 5) is 0. The zero-order chi connectivity index (χ0) is 41.0. The summed E-state index contributed by atoms with van der Waals surface area (Å²) in [6.07, 6.45) is 7.30. The molecule has 10 heteroatoms. The summed E-state index contributed by atoms with van der Waals surface area (Å²) in [5.74, 6) is 0. The fourth-order valence-corrected chi connectivity index (χ4v) is 16.5. The van der Waals surface area contributed by atoms with E-state index >= 15 is 0 Å². The fraction of sp³-hybridized carbons (Fsp3) is 1.00. The second-order valence-electron chi connectivity index (χ2n) is 23.2. The first kappa shape index (κ1) is 51.9. The Balaban J connectivity index is 0.000000334. The SMILES string of the molecule is CC1(C[Si](C)(C)C)CO1.CC[Si](C)(C)CC1(C)CO1.CC[Si](C)(C)CCCC1(C)CO1.CC[Si](C)(CC)CCCC1(C)CO1.C[Si](C)(C)CCC1CO1. The molecule has 5 fully saturated rings. The molecule has 0 radical (unpaired) electrons. The third kappa shape index (κ3) is 28.0. The van der Waals surface area contributed by atoms with E-state index in [9.17, 15) is 0 Å². The minimum atomic E-state index is -0.875. The number of rotatable bonds is 19. The van der Waals surface area contributed by atoms with Gasteiger partial charge in [0.2, 0.25) is 0 Å². The van der Waals surface area contributed by atoms with Crippen LogP contribution >= 0.6 is 0 Å². The highest BCUT2D eigenvalue weighted by molar-refractivity contribution is 6.79. The van der Waals surface area contributed by atoms with Crippen LogP contribution in [0.1, 0.15) is 87.5 Å². The normalized spacial score (nSPS) is 29.8. The maximum absolute atomic E-state index is 5.39. The van der Waals surface area contributed by atoms with Crippen LogP contribution < -0.4 is 0 Å². The highest BCUT2D eigenvalue weighted by Crippen LogP contribution is 2.37. The number of ether oxygens (including phenoxy) is 5. The van der Waals surface area contributed by atoms with Crippen molar-refractivity contribution < 1.29 is 23.7 Å². The predicted molar refractivity (Wildman–Crippen MR) is 249 cm³/mol. The molecular formula is C43H96O5Si5. The standard InChI is InChI=1S/C11H24OSi.C10H22OSi.C8H18OSi.2C7H16OSi/c1-5-13(4,6-2)9-7-8-11(3)10-12-11;1-5-12(3,4)8-6-7-10(2)9-11-10;1-5-10(3,4)7-8(2)6-9-8;1-7(5-8-7)6-9(2,3)4;1-9(2,3)5-4-7-6-8-7/h5-10H2,1-4H3;5-9H2,1-4H3;5-7H2,1-4H3;5-6H2,1-4H3;7H,4-6H2,1-3H3. The van der Waals surface area contributed by atoms with Crippen LogP contribution in [0.3, 0.4) is 0 Å². The lowest BCUT2D eigenvalue weighted by molar-refractivity contribution is 0.306. The predicted octanol–water partition coefficient (Wildman–Crippen LogP) is 13.7. The van der Waals surface area contributed by atoms with Gasteiger partial charge in [0, 0.05) is 32.3 Å². The van der Waals surface area contributed by atoms with Gasteiger partial charge in [-0.2, -0.15) is 0 Å². The van der Waals surface area contributed by atoms with Gasteiger partial charge in [-0.1, -0.05) is 155 Å². The van der Waals surface area contributed by atoms with Crippen molar-refractivity contribution in [2.75, 3.05) is 33.0 Å². The zero-order valence-corrected chi connectivity index (χ0v) is 44.6. The number of hydrogen-bond donors (Lipinski definition) is 0. The van der Waals surface area contributed by atoms with E-state index in [1.54, 1.807) is 0 Å². The third-order valence-corrected chi connectivity index (χ3v) is 28.4. The minimum Gasteiger partial charge on any atom is -0.373 e. The van der Waals surface area contributed by atoms with E-state index in [1.807, 2.05) is 0 Å². The molecule has 0 aliphatic carbocycles.